The number of rotatable bonds is 6. The molecule has 0 heterocycles. The maximum absolute atomic E-state index is 13.3. The van der Waals surface area contributed by atoms with Crippen molar-refractivity contribution in [2.24, 2.45) is 4.99 Å². The molecule has 5 aromatic carbocycles. The van der Waals surface area contributed by atoms with Crippen LogP contribution in [0.25, 0.3) is 10.8 Å². The topological polar surface area (TPSA) is 61.8 Å². The van der Waals surface area contributed by atoms with E-state index < -0.39 is 15.7 Å². The highest BCUT2D eigenvalue weighted by Crippen LogP contribution is 2.25. The molecule has 0 aromatic heterocycles. The first-order valence-electron chi connectivity index (χ1n) is 12.0. The number of benzene rings is 5. The van der Waals surface area contributed by atoms with Crippen molar-refractivity contribution in [1.29, 1.82) is 0 Å². The van der Waals surface area contributed by atoms with Gasteiger partial charge in [-0.2, -0.15) is 0 Å². The molecule has 0 saturated carbocycles. The highest BCUT2D eigenvalue weighted by atomic mass is 32.2. The molecule has 0 aliphatic carbocycles. The highest BCUT2D eigenvalue weighted by molar-refractivity contribution is 7.91. The van der Waals surface area contributed by atoms with Gasteiger partial charge in [-0.25, -0.2) is 8.42 Å². The Labute approximate surface area is 228 Å². The molecule has 0 saturated heterocycles. The zero-order chi connectivity index (χ0) is 26.4. The summed E-state index contributed by atoms with van der Waals surface area (Å²) in [5, 5.41) is 5.44. The largest absolute Gasteiger partial charge is 0.316 e. The van der Waals surface area contributed by atoms with Gasteiger partial charge in [0.25, 0.3) is 0 Å². The molecule has 0 amide bonds. The number of thiocarbonyl (C=S) groups is 1. The van der Waals surface area contributed by atoms with E-state index >= 15 is 0 Å². The van der Waals surface area contributed by atoms with Gasteiger partial charge in [-0.05, 0) is 59.4 Å². The van der Waals surface area contributed by atoms with E-state index in [4.69, 9.17) is 12.2 Å². The number of amidine groups is 1. The first kappa shape index (κ1) is 25.3. The Morgan fingerprint density at radius 1 is 0.684 bits per heavy atom. The molecule has 0 bridgehead atoms. The average Bonchev–Trinajstić information content (AvgIpc) is 2.97. The van der Waals surface area contributed by atoms with Crippen LogP contribution in [0.1, 0.15) is 5.56 Å². The zero-order valence-corrected chi connectivity index (χ0v) is 22.1. The third-order valence-electron chi connectivity index (χ3n) is 5.98. The van der Waals surface area contributed by atoms with Crippen LogP contribution in [0.4, 0.5) is 11.4 Å². The smallest absolute Gasteiger partial charge is 0.198 e. The Hall–Kier alpha value is -4.33. The van der Waals surface area contributed by atoms with Crippen LogP contribution in [-0.2, 0) is 9.84 Å². The number of hydrogen-bond acceptors (Lipinski definition) is 4. The Morgan fingerprint density at radius 3 is 1.82 bits per heavy atom. The molecular weight excluding hydrogens is 510 g/mol. The van der Waals surface area contributed by atoms with Gasteiger partial charge in [0.1, 0.15) is 11.7 Å². The van der Waals surface area contributed by atoms with Crippen molar-refractivity contribution in [2.75, 3.05) is 10.8 Å². The molecule has 5 rings (SSSR count). The third-order valence-corrected chi connectivity index (χ3v) is 7.70. The van der Waals surface area contributed by atoms with Gasteiger partial charge < -0.3 is 5.32 Å². The van der Waals surface area contributed by atoms with E-state index in [0.717, 1.165) is 27.7 Å². The molecule has 7 heteroatoms. The van der Waals surface area contributed by atoms with Crippen LogP contribution in [0.15, 0.2) is 143 Å². The van der Waals surface area contributed by atoms with Gasteiger partial charge in [-0.15, -0.1) is 0 Å². The standard InChI is InChI=1S/C31H25N3O2S2/c35-38(36,29-21-20-24-12-10-11-15-26(24)22-29)23-32-30(25-13-4-1-5-14-25)33-31(37)34(27-16-6-2-7-17-27)28-18-8-3-9-19-28/h1-22H,23H2,(H,32,33,37). The summed E-state index contributed by atoms with van der Waals surface area (Å²) in [4.78, 5) is 6.66. The van der Waals surface area contributed by atoms with Crippen molar-refractivity contribution in [2.45, 2.75) is 4.90 Å². The number of sulfone groups is 1. The SMILES string of the molecule is O=S(=O)(CN=C(NC(=S)N(c1ccccc1)c1ccccc1)c1ccccc1)c1ccc2ccccc2c1. The fourth-order valence-corrected chi connectivity index (χ4v) is 5.42. The van der Waals surface area contributed by atoms with Gasteiger partial charge in [-0.1, -0.05) is 97.1 Å². The van der Waals surface area contributed by atoms with Gasteiger partial charge in [0, 0.05) is 16.9 Å². The summed E-state index contributed by atoms with van der Waals surface area (Å²) in [6.45, 7) is 0. The third kappa shape index (κ3) is 5.80. The van der Waals surface area contributed by atoms with E-state index in [1.165, 1.54) is 0 Å². The van der Waals surface area contributed by atoms with Gasteiger partial charge in [-0.3, -0.25) is 9.89 Å². The molecule has 0 aliphatic rings. The molecule has 0 aliphatic heterocycles. The van der Waals surface area contributed by atoms with Crippen molar-refractivity contribution >= 4 is 55.2 Å². The first-order chi connectivity index (χ1) is 18.5. The van der Waals surface area contributed by atoms with Crippen molar-refractivity contribution in [3.05, 3.63) is 139 Å². The summed E-state index contributed by atoms with van der Waals surface area (Å²) in [5.41, 5.74) is 2.46. The van der Waals surface area contributed by atoms with Crippen LogP contribution in [-0.4, -0.2) is 25.2 Å². The van der Waals surface area contributed by atoms with Gasteiger partial charge >= 0.3 is 0 Å². The summed E-state index contributed by atoms with van der Waals surface area (Å²) < 4.78 is 26.6. The van der Waals surface area contributed by atoms with Crippen molar-refractivity contribution < 1.29 is 8.42 Å². The zero-order valence-electron chi connectivity index (χ0n) is 20.4. The van der Waals surface area contributed by atoms with Crippen molar-refractivity contribution in [3.63, 3.8) is 0 Å². The molecule has 5 aromatic rings. The maximum atomic E-state index is 13.3. The van der Waals surface area contributed by atoms with Crippen molar-refractivity contribution in [3.8, 4) is 0 Å². The lowest BCUT2D eigenvalue weighted by molar-refractivity contribution is 0.596. The molecule has 188 valence electrons. The molecule has 0 fully saturated rings. The van der Waals surface area contributed by atoms with E-state index in [2.05, 4.69) is 10.3 Å². The molecule has 0 spiro atoms. The summed E-state index contributed by atoms with van der Waals surface area (Å²) in [7, 11) is -3.70. The van der Waals surface area contributed by atoms with E-state index in [1.807, 2.05) is 126 Å². The minimum atomic E-state index is -3.70. The lowest BCUT2D eigenvalue weighted by Crippen LogP contribution is -2.41. The number of nitrogens with zero attached hydrogens (tertiary/aromatic N) is 2. The maximum Gasteiger partial charge on any atom is 0.198 e. The predicted octanol–water partition coefficient (Wildman–Crippen LogP) is 6.73. The Balaban J connectivity index is 1.48. The van der Waals surface area contributed by atoms with Crippen LogP contribution >= 0.6 is 12.2 Å². The van der Waals surface area contributed by atoms with E-state index in [1.54, 1.807) is 12.1 Å². The van der Waals surface area contributed by atoms with Crippen molar-refractivity contribution in [1.82, 2.24) is 5.32 Å². The van der Waals surface area contributed by atoms with Crippen LogP contribution in [0.3, 0.4) is 0 Å². The number of nitrogens with one attached hydrogen (secondary N) is 1. The highest BCUT2D eigenvalue weighted by Gasteiger charge is 2.19. The number of aliphatic imine (C=N–C) groups is 1. The number of hydrogen-bond donors (Lipinski definition) is 1. The monoisotopic (exact) mass is 535 g/mol. The Kier molecular flexibility index (Phi) is 7.58. The van der Waals surface area contributed by atoms with E-state index in [0.29, 0.717) is 10.9 Å². The molecule has 38 heavy (non-hydrogen) atoms. The summed E-state index contributed by atoms with van der Waals surface area (Å²) in [5.74, 6) is -0.0567. The van der Waals surface area contributed by atoms with Crippen LogP contribution < -0.4 is 10.2 Å². The minimum Gasteiger partial charge on any atom is -0.316 e. The fraction of sp³-hybridized carbons (Fsp3) is 0.0323. The number of para-hydroxylation sites is 2. The second-order valence-corrected chi connectivity index (χ2v) is 10.9. The van der Waals surface area contributed by atoms with Gasteiger partial charge in [0.2, 0.25) is 0 Å². The molecular formula is C31H25N3O2S2. The second kappa shape index (κ2) is 11.4. The Bertz CT molecular complexity index is 1650. The number of fused-ring (bicyclic) bond motifs is 1. The van der Waals surface area contributed by atoms with E-state index in [-0.39, 0.29) is 4.90 Å². The number of anilines is 2. The minimum absolute atomic E-state index is 0.227. The van der Waals surface area contributed by atoms with Crippen LogP contribution in [0.5, 0.6) is 0 Å². The summed E-state index contributed by atoms with van der Waals surface area (Å²) in [6, 6.07) is 41.7. The fourth-order valence-electron chi connectivity index (χ4n) is 4.08. The lowest BCUT2D eigenvalue weighted by Gasteiger charge is -2.26. The van der Waals surface area contributed by atoms with Gasteiger partial charge in [0.05, 0.1) is 4.90 Å². The molecule has 0 unspecified atom stereocenters. The normalized spacial score (nSPS) is 11.7. The van der Waals surface area contributed by atoms with Crippen LogP contribution in [0, 0.1) is 0 Å². The molecule has 0 atom stereocenters. The predicted molar refractivity (Wildman–Crippen MR) is 160 cm³/mol. The summed E-state index contributed by atoms with van der Waals surface area (Å²) in [6.07, 6.45) is 0. The quantitative estimate of drug-likeness (QED) is 0.148. The molecule has 0 radical (unpaired) electrons. The summed E-state index contributed by atoms with van der Waals surface area (Å²) >= 11 is 5.85. The second-order valence-electron chi connectivity index (χ2n) is 8.56. The average molecular weight is 536 g/mol. The van der Waals surface area contributed by atoms with Gasteiger partial charge in [0.15, 0.2) is 14.9 Å². The lowest BCUT2D eigenvalue weighted by atomic mass is 10.1. The Morgan fingerprint density at radius 2 is 1.21 bits per heavy atom. The molecule has 5 nitrogen and oxygen atoms in total. The molecule has 1 N–H and O–H groups in total. The van der Waals surface area contributed by atoms with E-state index in [9.17, 15) is 8.42 Å². The van der Waals surface area contributed by atoms with Crippen LogP contribution in [0.2, 0.25) is 0 Å². The first-order valence-corrected chi connectivity index (χ1v) is 14.1.